The first-order valence-corrected chi connectivity index (χ1v) is 11.8. The van der Waals surface area contributed by atoms with Gasteiger partial charge in [-0.05, 0) is 97.8 Å². The van der Waals surface area contributed by atoms with Crippen LogP contribution in [0.5, 0.6) is 5.75 Å². The fourth-order valence-electron chi connectivity index (χ4n) is 6.45. The Bertz CT molecular complexity index is 889. The molecule has 27 heavy (non-hydrogen) atoms. The SMILES string of the molecule is C/C=C1/CC[C@H]2[C@@H]3CCc4cc(OS(N)(=O)=O)c(CC)cc4[C@H]3CC[C@]12C. The first-order valence-electron chi connectivity index (χ1n) is 10.3. The minimum atomic E-state index is -3.99. The third kappa shape index (κ3) is 3.13. The number of nitrogens with two attached hydrogens (primary N) is 1. The van der Waals surface area contributed by atoms with Gasteiger partial charge in [-0.2, -0.15) is 13.6 Å². The van der Waals surface area contributed by atoms with E-state index in [1.165, 1.54) is 43.2 Å². The van der Waals surface area contributed by atoms with E-state index in [1.54, 1.807) is 5.57 Å². The highest BCUT2D eigenvalue weighted by atomic mass is 32.2. The second-order valence-corrected chi connectivity index (χ2v) is 9.96. The molecule has 0 amide bonds. The van der Waals surface area contributed by atoms with Crippen molar-refractivity contribution in [1.82, 2.24) is 0 Å². The molecule has 5 heteroatoms. The minimum Gasteiger partial charge on any atom is -0.371 e. The van der Waals surface area contributed by atoms with Crippen LogP contribution < -0.4 is 9.32 Å². The number of aryl methyl sites for hydroxylation is 2. The average Bonchev–Trinajstić information content (AvgIpc) is 2.95. The van der Waals surface area contributed by atoms with Crippen LogP contribution in [0.1, 0.15) is 75.5 Å². The lowest BCUT2D eigenvalue weighted by atomic mass is 9.55. The molecule has 0 aromatic heterocycles. The summed E-state index contributed by atoms with van der Waals surface area (Å²) < 4.78 is 28.0. The summed E-state index contributed by atoms with van der Waals surface area (Å²) in [4.78, 5) is 0. The Kier molecular flexibility index (Phi) is 4.66. The molecule has 4 atom stereocenters. The lowest BCUT2D eigenvalue weighted by Gasteiger charge is -2.49. The minimum absolute atomic E-state index is 0.387. The second-order valence-electron chi connectivity index (χ2n) is 8.81. The molecule has 3 aliphatic carbocycles. The Morgan fingerprint density at radius 1 is 1.26 bits per heavy atom. The Morgan fingerprint density at radius 2 is 2.04 bits per heavy atom. The van der Waals surface area contributed by atoms with E-state index in [4.69, 9.17) is 9.32 Å². The van der Waals surface area contributed by atoms with Gasteiger partial charge in [0.15, 0.2) is 0 Å². The standard InChI is InChI=1S/C22H31NO3S/c1-4-14-12-19-15(13-21(14)26-27(23,24)25)6-8-18-17(19)10-11-22(3)16(5-2)7-9-20(18)22/h5,12-13,17-18,20H,4,6-11H2,1-3H3,(H2,23,24,25)/b16-5-/t17-,18+,20-,22+/m0/s1. The zero-order chi connectivity index (χ0) is 19.4. The Morgan fingerprint density at radius 3 is 2.70 bits per heavy atom. The maximum Gasteiger partial charge on any atom is 0.380 e. The smallest absolute Gasteiger partial charge is 0.371 e. The molecule has 1 aromatic carbocycles. The van der Waals surface area contributed by atoms with Crippen LogP contribution in [-0.4, -0.2) is 8.42 Å². The van der Waals surface area contributed by atoms with Crippen molar-refractivity contribution >= 4 is 10.3 Å². The number of hydrogen-bond donors (Lipinski definition) is 1. The maximum atomic E-state index is 11.4. The number of rotatable bonds is 3. The molecule has 148 valence electrons. The van der Waals surface area contributed by atoms with Crippen LogP contribution in [-0.2, 0) is 23.1 Å². The molecule has 4 nitrogen and oxygen atoms in total. The Labute approximate surface area is 163 Å². The van der Waals surface area contributed by atoms with E-state index in [-0.39, 0.29) is 0 Å². The second kappa shape index (κ2) is 6.63. The van der Waals surface area contributed by atoms with E-state index in [0.717, 1.165) is 30.2 Å². The van der Waals surface area contributed by atoms with Gasteiger partial charge in [0.2, 0.25) is 0 Å². The van der Waals surface area contributed by atoms with E-state index in [0.29, 0.717) is 17.1 Å². The number of benzene rings is 1. The van der Waals surface area contributed by atoms with Crippen LogP contribution in [0.2, 0.25) is 0 Å². The molecule has 0 heterocycles. The van der Waals surface area contributed by atoms with Crippen LogP contribution in [0.25, 0.3) is 0 Å². The fourth-order valence-corrected chi connectivity index (χ4v) is 6.85. The summed E-state index contributed by atoms with van der Waals surface area (Å²) in [5.41, 5.74) is 5.68. The highest BCUT2D eigenvalue weighted by Crippen LogP contribution is 2.62. The molecule has 2 saturated carbocycles. The molecule has 3 aliphatic rings. The van der Waals surface area contributed by atoms with Crippen molar-refractivity contribution in [3.8, 4) is 5.75 Å². The van der Waals surface area contributed by atoms with Crippen molar-refractivity contribution in [2.24, 2.45) is 22.4 Å². The van der Waals surface area contributed by atoms with Gasteiger partial charge in [-0.15, -0.1) is 0 Å². The maximum absolute atomic E-state index is 11.4. The first-order chi connectivity index (χ1) is 12.8. The lowest BCUT2D eigenvalue weighted by molar-refractivity contribution is 0.0813. The third-order valence-electron chi connectivity index (χ3n) is 7.69. The van der Waals surface area contributed by atoms with E-state index in [1.807, 2.05) is 13.0 Å². The zero-order valence-corrected chi connectivity index (χ0v) is 17.4. The molecule has 4 rings (SSSR count). The molecule has 1 aromatic rings. The molecule has 0 spiro atoms. The van der Waals surface area contributed by atoms with E-state index in [2.05, 4.69) is 26.0 Å². The van der Waals surface area contributed by atoms with Crippen molar-refractivity contribution in [3.63, 3.8) is 0 Å². The van der Waals surface area contributed by atoms with Gasteiger partial charge in [0.1, 0.15) is 5.75 Å². The highest BCUT2D eigenvalue weighted by molar-refractivity contribution is 7.84. The number of allylic oxidation sites excluding steroid dienone is 2. The quantitative estimate of drug-likeness (QED) is 0.766. The van der Waals surface area contributed by atoms with Gasteiger partial charge in [0, 0.05) is 0 Å². The Hall–Kier alpha value is -1.33. The van der Waals surface area contributed by atoms with Crippen LogP contribution in [0.15, 0.2) is 23.8 Å². The van der Waals surface area contributed by atoms with Gasteiger partial charge in [-0.25, -0.2) is 0 Å². The molecule has 0 bridgehead atoms. The predicted octanol–water partition coefficient (Wildman–Crippen LogP) is 4.63. The molecule has 2 N–H and O–H groups in total. The molecule has 0 unspecified atom stereocenters. The molecule has 2 fully saturated rings. The van der Waals surface area contributed by atoms with E-state index >= 15 is 0 Å². The van der Waals surface area contributed by atoms with Crippen molar-refractivity contribution < 1.29 is 12.6 Å². The molecule has 0 radical (unpaired) electrons. The Balaban J connectivity index is 1.71. The fraction of sp³-hybridized carbons (Fsp3) is 0.636. The predicted molar refractivity (Wildman–Crippen MR) is 108 cm³/mol. The van der Waals surface area contributed by atoms with Gasteiger partial charge in [-0.3, -0.25) is 0 Å². The number of fused-ring (bicyclic) bond motifs is 5. The largest absolute Gasteiger partial charge is 0.380 e. The summed E-state index contributed by atoms with van der Waals surface area (Å²) in [6.45, 7) is 6.73. The van der Waals surface area contributed by atoms with Crippen LogP contribution in [0, 0.1) is 17.3 Å². The summed E-state index contributed by atoms with van der Waals surface area (Å²) in [6.07, 6.45) is 10.3. The first kappa shape index (κ1) is 19.0. The normalized spacial score (nSPS) is 34.1. The molecule has 0 saturated heterocycles. The van der Waals surface area contributed by atoms with Gasteiger partial charge in [0.25, 0.3) is 0 Å². The van der Waals surface area contributed by atoms with Gasteiger partial charge >= 0.3 is 10.3 Å². The van der Waals surface area contributed by atoms with Crippen molar-refractivity contribution in [1.29, 1.82) is 0 Å². The molecular weight excluding hydrogens is 358 g/mol. The third-order valence-corrected chi connectivity index (χ3v) is 8.10. The highest BCUT2D eigenvalue weighted by Gasteiger charge is 2.52. The molecule has 0 aliphatic heterocycles. The summed E-state index contributed by atoms with van der Waals surface area (Å²) in [6, 6.07) is 4.15. The summed E-state index contributed by atoms with van der Waals surface area (Å²) >= 11 is 0. The van der Waals surface area contributed by atoms with Crippen LogP contribution in [0.3, 0.4) is 0 Å². The van der Waals surface area contributed by atoms with Crippen molar-refractivity contribution in [2.45, 2.75) is 71.6 Å². The zero-order valence-electron chi connectivity index (χ0n) is 16.6. The van der Waals surface area contributed by atoms with Crippen LogP contribution >= 0.6 is 0 Å². The van der Waals surface area contributed by atoms with Gasteiger partial charge < -0.3 is 4.18 Å². The topological polar surface area (TPSA) is 69.4 Å². The number of hydrogen-bond acceptors (Lipinski definition) is 3. The van der Waals surface area contributed by atoms with Gasteiger partial charge in [0.05, 0.1) is 0 Å². The van der Waals surface area contributed by atoms with E-state index in [9.17, 15) is 8.42 Å². The molecular formula is C22H31NO3S. The van der Waals surface area contributed by atoms with E-state index < -0.39 is 10.3 Å². The van der Waals surface area contributed by atoms with Crippen LogP contribution in [0.4, 0.5) is 0 Å². The van der Waals surface area contributed by atoms with Crippen molar-refractivity contribution in [2.75, 3.05) is 0 Å². The summed E-state index contributed by atoms with van der Waals surface area (Å²) in [5, 5.41) is 5.12. The monoisotopic (exact) mass is 389 g/mol. The van der Waals surface area contributed by atoms with Gasteiger partial charge in [-0.1, -0.05) is 31.6 Å². The van der Waals surface area contributed by atoms with Crippen molar-refractivity contribution in [3.05, 3.63) is 40.5 Å². The lowest BCUT2D eigenvalue weighted by Crippen LogP contribution is -2.40. The average molecular weight is 390 g/mol. The summed E-state index contributed by atoms with van der Waals surface area (Å²) in [5.74, 6) is 2.52. The summed E-state index contributed by atoms with van der Waals surface area (Å²) in [7, 11) is -3.99.